The molecule has 0 aliphatic carbocycles. The molecule has 10 heteroatoms. The Labute approximate surface area is 180 Å². The van der Waals surface area contributed by atoms with Crippen LogP contribution < -0.4 is 20.7 Å². The SMILES string of the molecule is CCN(CC)CCNC(=O)Nc1cc(Oc2ccc3ccn(C(=O)NC)c3c2)ncn1. The van der Waals surface area contributed by atoms with Crippen molar-refractivity contribution >= 4 is 28.8 Å². The maximum absolute atomic E-state index is 12.1. The van der Waals surface area contributed by atoms with Crippen LogP contribution in [0, 0.1) is 0 Å². The fourth-order valence-electron chi connectivity index (χ4n) is 3.08. The van der Waals surface area contributed by atoms with E-state index in [1.807, 2.05) is 12.1 Å². The van der Waals surface area contributed by atoms with Gasteiger partial charge >= 0.3 is 12.1 Å². The van der Waals surface area contributed by atoms with Gasteiger partial charge in [0, 0.05) is 43.9 Å². The summed E-state index contributed by atoms with van der Waals surface area (Å²) in [5.74, 6) is 1.09. The highest BCUT2D eigenvalue weighted by Crippen LogP contribution is 2.26. The van der Waals surface area contributed by atoms with Gasteiger partial charge in [-0.1, -0.05) is 13.8 Å². The zero-order chi connectivity index (χ0) is 22.2. The second-order valence-electron chi connectivity index (χ2n) is 6.71. The quantitative estimate of drug-likeness (QED) is 0.511. The van der Waals surface area contributed by atoms with Crippen molar-refractivity contribution in [3.8, 4) is 11.6 Å². The average Bonchev–Trinajstić information content (AvgIpc) is 3.20. The van der Waals surface area contributed by atoms with Gasteiger partial charge in [-0.05, 0) is 31.3 Å². The van der Waals surface area contributed by atoms with Crippen LogP contribution in [-0.4, -0.2) is 64.7 Å². The molecule has 2 aromatic heterocycles. The first-order chi connectivity index (χ1) is 15.0. The number of hydrogen-bond acceptors (Lipinski definition) is 6. The van der Waals surface area contributed by atoms with E-state index in [0.29, 0.717) is 23.6 Å². The molecule has 0 spiro atoms. The van der Waals surface area contributed by atoms with Gasteiger partial charge in [0.05, 0.1) is 5.52 Å². The van der Waals surface area contributed by atoms with Crippen molar-refractivity contribution in [3.05, 3.63) is 42.9 Å². The number of benzene rings is 1. The summed E-state index contributed by atoms with van der Waals surface area (Å²) in [5.41, 5.74) is 0.705. The van der Waals surface area contributed by atoms with Gasteiger partial charge in [-0.25, -0.2) is 19.6 Å². The fraction of sp³-hybridized carbons (Fsp3) is 0.333. The number of nitrogens with one attached hydrogen (secondary N) is 3. The van der Waals surface area contributed by atoms with Crippen molar-refractivity contribution < 1.29 is 14.3 Å². The molecule has 3 rings (SSSR count). The number of rotatable bonds is 8. The number of amides is 3. The summed E-state index contributed by atoms with van der Waals surface area (Å²) in [6.45, 7) is 7.35. The Bertz CT molecular complexity index is 1050. The van der Waals surface area contributed by atoms with Crippen molar-refractivity contribution in [1.82, 2.24) is 30.1 Å². The van der Waals surface area contributed by atoms with E-state index in [-0.39, 0.29) is 17.9 Å². The van der Waals surface area contributed by atoms with Crippen LogP contribution >= 0.6 is 0 Å². The number of fused-ring (bicyclic) bond motifs is 1. The monoisotopic (exact) mass is 425 g/mol. The molecule has 0 radical (unpaired) electrons. The van der Waals surface area contributed by atoms with E-state index in [2.05, 4.69) is 44.7 Å². The number of anilines is 1. The Balaban J connectivity index is 1.64. The normalized spacial score (nSPS) is 10.8. The number of hydrogen-bond donors (Lipinski definition) is 3. The molecule has 0 aliphatic heterocycles. The van der Waals surface area contributed by atoms with Crippen molar-refractivity contribution in [3.63, 3.8) is 0 Å². The molecule has 164 valence electrons. The van der Waals surface area contributed by atoms with Crippen LogP contribution in [-0.2, 0) is 0 Å². The van der Waals surface area contributed by atoms with E-state index in [1.165, 1.54) is 17.0 Å². The number of carbonyl (C=O) groups excluding carboxylic acids is 2. The third-order valence-corrected chi connectivity index (χ3v) is 4.81. The van der Waals surface area contributed by atoms with Crippen LogP contribution in [0.25, 0.3) is 10.9 Å². The highest BCUT2D eigenvalue weighted by molar-refractivity contribution is 5.92. The maximum atomic E-state index is 12.1. The number of nitrogens with zero attached hydrogens (tertiary/aromatic N) is 4. The standard InChI is InChI=1S/C21H27N7O3/c1-4-27(5-2)11-9-23-20(29)26-18-13-19(25-14-24-18)31-16-7-6-15-8-10-28(17(15)12-16)21(30)22-3/h6-8,10,12-14H,4-5,9,11H2,1-3H3,(H,22,30)(H2,23,24,25,26,29). The van der Waals surface area contributed by atoms with Crippen LogP contribution in [0.3, 0.4) is 0 Å². The van der Waals surface area contributed by atoms with Crippen LogP contribution in [0.5, 0.6) is 11.6 Å². The molecule has 2 heterocycles. The summed E-state index contributed by atoms with van der Waals surface area (Å²) in [5, 5.41) is 8.98. The highest BCUT2D eigenvalue weighted by Gasteiger charge is 2.10. The van der Waals surface area contributed by atoms with Crippen molar-refractivity contribution in [2.45, 2.75) is 13.8 Å². The summed E-state index contributed by atoms with van der Waals surface area (Å²) < 4.78 is 7.31. The van der Waals surface area contributed by atoms with Crippen LogP contribution in [0.4, 0.5) is 15.4 Å². The number of likely N-dealkylation sites (N-methyl/N-ethyl adjacent to an activating group) is 1. The topological polar surface area (TPSA) is 113 Å². The lowest BCUT2D eigenvalue weighted by Gasteiger charge is -2.18. The lowest BCUT2D eigenvalue weighted by molar-refractivity contribution is 0.245. The predicted octanol–water partition coefficient (Wildman–Crippen LogP) is 2.87. The molecule has 3 aromatic rings. The summed E-state index contributed by atoms with van der Waals surface area (Å²) in [6.07, 6.45) is 3.01. The lowest BCUT2D eigenvalue weighted by Crippen LogP contribution is -2.37. The molecule has 0 saturated heterocycles. The summed E-state index contributed by atoms with van der Waals surface area (Å²) in [6, 6.07) is 8.18. The van der Waals surface area contributed by atoms with E-state index >= 15 is 0 Å². The third-order valence-electron chi connectivity index (χ3n) is 4.81. The van der Waals surface area contributed by atoms with Crippen LogP contribution in [0.15, 0.2) is 42.9 Å². The summed E-state index contributed by atoms with van der Waals surface area (Å²) >= 11 is 0. The van der Waals surface area contributed by atoms with E-state index in [1.54, 1.807) is 25.4 Å². The van der Waals surface area contributed by atoms with Crippen molar-refractivity contribution in [2.75, 3.05) is 38.5 Å². The van der Waals surface area contributed by atoms with E-state index < -0.39 is 0 Å². The Morgan fingerprint density at radius 2 is 1.94 bits per heavy atom. The number of urea groups is 1. The zero-order valence-electron chi connectivity index (χ0n) is 17.9. The smallest absolute Gasteiger partial charge is 0.325 e. The molecule has 3 amide bonds. The molecule has 0 aliphatic rings. The Morgan fingerprint density at radius 3 is 2.68 bits per heavy atom. The Morgan fingerprint density at radius 1 is 1.13 bits per heavy atom. The molecular formula is C21H27N7O3. The minimum atomic E-state index is -0.346. The molecular weight excluding hydrogens is 398 g/mol. The van der Waals surface area contributed by atoms with Gasteiger partial charge in [0.25, 0.3) is 0 Å². The largest absolute Gasteiger partial charge is 0.439 e. The lowest BCUT2D eigenvalue weighted by atomic mass is 10.2. The minimum absolute atomic E-state index is 0.243. The van der Waals surface area contributed by atoms with Gasteiger partial charge in [0.15, 0.2) is 0 Å². The molecule has 0 fully saturated rings. The average molecular weight is 425 g/mol. The van der Waals surface area contributed by atoms with E-state index in [0.717, 1.165) is 25.0 Å². The first kappa shape index (κ1) is 22.0. The van der Waals surface area contributed by atoms with Gasteiger partial charge in [-0.2, -0.15) is 0 Å². The number of ether oxygens (including phenoxy) is 1. The van der Waals surface area contributed by atoms with Gasteiger partial charge in [0.1, 0.15) is 17.9 Å². The molecule has 0 bridgehead atoms. The molecule has 0 atom stereocenters. The van der Waals surface area contributed by atoms with Gasteiger partial charge in [-0.15, -0.1) is 0 Å². The molecule has 0 unspecified atom stereocenters. The summed E-state index contributed by atoms with van der Waals surface area (Å²) in [7, 11) is 1.57. The van der Waals surface area contributed by atoms with Crippen molar-refractivity contribution in [2.24, 2.45) is 0 Å². The number of aromatic nitrogens is 3. The first-order valence-corrected chi connectivity index (χ1v) is 10.1. The Hall–Kier alpha value is -3.66. The molecule has 3 N–H and O–H groups in total. The van der Waals surface area contributed by atoms with E-state index in [9.17, 15) is 9.59 Å². The second-order valence-corrected chi connectivity index (χ2v) is 6.71. The van der Waals surface area contributed by atoms with Crippen molar-refractivity contribution in [1.29, 1.82) is 0 Å². The first-order valence-electron chi connectivity index (χ1n) is 10.1. The molecule has 31 heavy (non-hydrogen) atoms. The van der Waals surface area contributed by atoms with E-state index in [4.69, 9.17) is 4.74 Å². The number of carbonyl (C=O) groups is 2. The van der Waals surface area contributed by atoms with Gasteiger partial charge in [-0.3, -0.25) is 9.88 Å². The summed E-state index contributed by atoms with van der Waals surface area (Å²) in [4.78, 5) is 34.5. The Kier molecular flexibility index (Phi) is 7.39. The fourth-order valence-corrected chi connectivity index (χ4v) is 3.08. The zero-order valence-corrected chi connectivity index (χ0v) is 17.9. The maximum Gasteiger partial charge on any atom is 0.325 e. The van der Waals surface area contributed by atoms with Crippen LogP contribution in [0.2, 0.25) is 0 Å². The molecule has 10 nitrogen and oxygen atoms in total. The molecule has 1 aromatic carbocycles. The van der Waals surface area contributed by atoms with Crippen LogP contribution in [0.1, 0.15) is 13.8 Å². The van der Waals surface area contributed by atoms with Gasteiger partial charge < -0.3 is 20.3 Å². The third kappa shape index (κ3) is 5.70. The van der Waals surface area contributed by atoms with Gasteiger partial charge in [0.2, 0.25) is 5.88 Å². The predicted molar refractivity (Wildman–Crippen MR) is 119 cm³/mol. The molecule has 0 saturated carbocycles. The minimum Gasteiger partial charge on any atom is -0.439 e. The highest BCUT2D eigenvalue weighted by atomic mass is 16.5. The second kappa shape index (κ2) is 10.4.